The highest BCUT2D eigenvalue weighted by Gasteiger charge is 2.45. The average Bonchev–Trinajstić information content (AvgIpc) is 3.60. The van der Waals surface area contributed by atoms with Gasteiger partial charge in [-0.15, -0.1) is 0 Å². The van der Waals surface area contributed by atoms with E-state index in [0.717, 1.165) is 43.4 Å². The third kappa shape index (κ3) is 4.78. The smallest absolute Gasteiger partial charge is 0.280 e. The lowest BCUT2D eigenvalue weighted by Crippen LogP contribution is -2.33. The molecule has 0 radical (unpaired) electrons. The van der Waals surface area contributed by atoms with Crippen LogP contribution in [0.25, 0.3) is 43.5 Å². The second kappa shape index (κ2) is 11.2. The molecule has 0 aliphatic carbocycles. The number of benzene rings is 5. The van der Waals surface area contributed by atoms with Crippen LogP contribution in [-0.4, -0.2) is 59.8 Å². The number of nitriles is 1. The Morgan fingerprint density at radius 2 is 1.33 bits per heavy atom. The molecule has 5 aromatic carbocycles. The van der Waals surface area contributed by atoms with Gasteiger partial charge >= 0.3 is 0 Å². The number of anilines is 1. The van der Waals surface area contributed by atoms with E-state index in [9.17, 15) is 20.1 Å². The molecule has 0 spiro atoms. The number of nitrogens with zero attached hydrogens (tertiary/aromatic N) is 4. The van der Waals surface area contributed by atoms with Gasteiger partial charge in [-0.25, -0.2) is 4.98 Å². The van der Waals surface area contributed by atoms with Gasteiger partial charge in [0.05, 0.1) is 18.2 Å². The molecule has 1 aliphatic heterocycles. The first-order chi connectivity index (χ1) is 23.3. The maximum atomic E-state index is 12.7. The summed E-state index contributed by atoms with van der Waals surface area (Å²) >= 11 is 0. The topological polar surface area (TPSA) is 183 Å². The molecule has 11 heteroatoms. The Labute approximate surface area is 271 Å². The van der Waals surface area contributed by atoms with E-state index in [1.54, 1.807) is 12.1 Å². The lowest BCUT2D eigenvalue weighted by molar-refractivity contribution is -0.0514. The number of nitrogens with two attached hydrogens (primary N) is 1. The van der Waals surface area contributed by atoms with Crippen LogP contribution in [0.1, 0.15) is 34.3 Å². The molecule has 6 N–H and O–H groups in total. The number of aromatic nitrogens is 4. The van der Waals surface area contributed by atoms with E-state index in [-0.39, 0.29) is 22.9 Å². The average molecular weight is 633 g/mol. The zero-order valence-corrected chi connectivity index (χ0v) is 25.0. The second-order valence-electron chi connectivity index (χ2n) is 11.6. The second-order valence-corrected chi connectivity index (χ2v) is 11.6. The van der Waals surface area contributed by atoms with E-state index < -0.39 is 36.7 Å². The molecule has 8 rings (SSSR count). The molecule has 4 atom stereocenters. The fraction of sp³-hybridized carbons (Fsp3) is 0.135. The molecule has 7 aromatic rings. The zero-order chi connectivity index (χ0) is 33.1. The van der Waals surface area contributed by atoms with Gasteiger partial charge in [0.25, 0.3) is 5.56 Å². The van der Waals surface area contributed by atoms with E-state index in [1.807, 2.05) is 36.4 Å². The fourth-order valence-corrected chi connectivity index (χ4v) is 6.31. The van der Waals surface area contributed by atoms with Gasteiger partial charge < -0.3 is 25.8 Å². The van der Waals surface area contributed by atoms with Crippen LogP contribution in [0.3, 0.4) is 0 Å². The number of nitrogens with one attached hydrogen (secondary N) is 1. The van der Waals surface area contributed by atoms with Gasteiger partial charge in [-0.2, -0.15) is 10.2 Å². The number of nitrogen functional groups attached to an aromatic ring is 1. The molecule has 0 saturated carbocycles. The van der Waals surface area contributed by atoms with Gasteiger partial charge in [0, 0.05) is 16.7 Å². The van der Waals surface area contributed by atoms with E-state index in [4.69, 9.17) is 15.7 Å². The Bertz CT molecular complexity index is 2580. The molecular weight excluding hydrogens is 608 g/mol. The predicted molar refractivity (Wildman–Crippen MR) is 179 cm³/mol. The van der Waals surface area contributed by atoms with Crippen molar-refractivity contribution in [1.29, 1.82) is 5.26 Å². The number of rotatable bonds is 2. The lowest BCUT2D eigenvalue weighted by Gasteiger charge is -2.17. The predicted octanol–water partition coefficient (Wildman–Crippen LogP) is 2.88. The molecule has 0 amide bonds. The van der Waals surface area contributed by atoms with Crippen molar-refractivity contribution in [2.24, 2.45) is 0 Å². The van der Waals surface area contributed by atoms with Crippen molar-refractivity contribution in [3.63, 3.8) is 0 Å². The standard InChI is InChI=1S/C37H24N6O5/c38-17-20-4-1-19(2-5-20)3-6-21-13-23-8-10-25-15-22(16-26-11-9-24(14-21)29(23)30(25)26)7-12-28-40-31-34(41-37(39)42-35(31)47)43(28)36-33(46)32(45)27(18-44)48-36/h1-2,4-5,8-11,13-16,27,32-33,36,44-46H,18H2,(H3,39,41,42,47)/t27-,32-,33-,36-/m1/s1. The summed E-state index contributed by atoms with van der Waals surface area (Å²) in [5.74, 6) is 12.5. The van der Waals surface area contributed by atoms with Gasteiger partial charge in [0.15, 0.2) is 23.2 Å². The summed E-state index contributed by atoms with van der Waals surface area (Å²) in [7, 11) is 0. The number of aromatic amines is 1. The first kappa shape index (κ1) is 29.2. The highest BCUT2D eigenvalue weighted by Crippen LogP contribution is 2.36. The number of imidazole rings is 1. The number of H-pyrrole nitrogens is 1. The quantitative estimate of drug-likeness (QED) is 0.141. The summed E-state index contributed by atoms with van der Waals surface area (Å²) in [5, 5.41) is 46.1. The maximum Gasteiger partial charge on any atom is 0.280 e. The lowest BCUT2D eigenvalue weighted by atomic mass is 9.91. The van der Waals surface area contributed by atoms with Gasteiger partial charge in [0.2, 0.25) is 5.95 Å². The van der Waals surface area contributed by atoms with Gasteiger partial charge in [-0.1, -0.05) is 42.0 Å². The van der Waals surface area contributed by atoms with Crippen molar-refractivity contribution in [2.75, 3.05) is 12.3 Å². The monoisotopic (exact) mass is 632 g/mol. The van der Waals surface area contributed by atoms with Crippen LogP contribution >= 0.6 is 0 Å². The summed E-state index contributed by atoms with van der Waals surface area (Å²) < 4.78 is 7.06. The Morgan fingerprint density at radius 3 is 1.88 bits per heavy atom. The first-order valence-corrected chi connectivity index (χ1v) is 15.0. The molecule has 1 saturated heterocycles. The fourth-order valence-electron chi connectivity index (χ4n) is 6.31. The minimum Gasteiger partial charge on any atom is -0.394 e. The minimum absolute atomic E-state index is 0.0203. The van der Waals surface area contributed by atoms with Crippen LogP contribution in [0.15, 0.2) is 77.6 Å². The molecule has 1 aliphatic rings. The van der Waals surface area contributed by atoms with Crippen molar-refractivity contribution >= 4 is 49.4 Å². The maximum absolute atomic E-state index is 12.7. The Balaban J connectivity index is 1.20. The van der Waals surface area contributed by atoms with E-state index in [1.165, 1.54) is 4.57 Å². The summed E-state index contributed by atoms with van der Waals surface area (Å²) in [6.07, 6.45) is -5.14. The summed E-state index contributed by atoms with van der Waals surface area (Å²) in [5.41, 5.74) is 8.14. The van der Waals surface area contributed by atoms with Crippen molar-refractivity contribution in [3.05, 3.63) is 111 Å². The molecule has 0 unspecified atom stereocenters. The van der Waals surface area contributed by atoms with Gasteiger partial charge in [-0.3, -0.25) is 14.3 Å². The number of aliphatic hydroxyl groups is 3. The van der Waals surface area contributed by atoms with Gasteiger partial charge in [0.1, 0.15) is 18.3 Å². The highest BCUT2D eigenvalue weighted by molar-refractivity contribution is 6.23. The molecule has 48 heavy (non-hydrogen) atoms. The molecule has 2 aromatic heterocycles. The number of fused-ring (bicyclic) bond motifs is 1. The van der Waals surface area contributed by atoms with Crippen LogP contribution < -0.4 is 11.3 Å². The first-order valence-electron chi connectivity index (χ1n) is 15.0. The third-order valence-corrected chi connectivity index (χ3v) is 8.56. The van der Waals surface area contributed by atoms with Crippen LogP contribution in [0.2, 0.25) is 0 Å². The Kier molecular flexibility index (Phi) is 6.81. The Morgan fingerprint density at radius 1 is 0.792 bits per heavy atom. The largest absolute Gasteiger partial charge is 0.394 e. The van der Waals surface area contributed by atoms with Crippen LogP contribution in [0.5, 0.6) is 0 Å². The van der Waals surface area contributed by atoms with Gasteiger partial charge in [-0.05, 0) is 86.8 Å². The van der Waals surface area contributed by atoms with E-state index in [2.05, 4.69) is 69.0 Å². The number of hydrogen-bond acceptors (Lipinski definition) is 9. The molecule has 0 bridgehead atoms. The number of hydrogen-bond donors (Lipinski definition) is 5. The summed E-state index contributed by atoms with van der Waals surface area (Å²) in [4.78, 5) is 23.7. The van der Waals surface area contributed by atoms with Crippen LogP contribution in [0.4, 0.5) is 5.95 Å². The normalized spacial score (nSPS) is 19.0. The Hall–Kier alpha value is -6.26. The molecule has 11 nitrogen and oxygen atoms in total. The summed E-state index contributed by atoms with van der Waals surface area (Å²) in [6.45, 7) is -0.532. The van der Waals surface area contributed by atoms with Crippen molar-refractivity contribution in [3.8, 4) is 29.8 Å². The zero-order valence-electron chi connectivity index (χ0n) is 25.0. The number of ether oxygens (including phenoxy) is 1. The van der Waals surface area contributed by atoms with Crippen molar-refractivity contribution in [1.82, 2.24) is 19.5 Å². The van der Waals surface area contributed by atoms with Crippen LogP contribution in [-0.2, 0) is 4.74 Å². The molecule has 3 heterocycles. The SMILES string of the molecule is N#Cc1ccc(C#Cc2cc3ccc4cc(C#Cc5nc6c(=O)[nH]c(N)nc6n5[C@@H]5O[C@H](CO)[C@@H](O)[C@H]5O)cc5ccc(c2)c3c45)cc1. The summed E-state index contributed by atoms with van der Waals surface area (Å²) in [6, 6.07) is 25.5. The van der Waals surface area contributed by atoms with Crippen molar-refractivity contribution < 1.29 is 20.1 Å². The molecule has 1 fully saturated rings. The van der Waals surface area contributed by atoms with Crippen LogP contribution in [0, 0.1) is 35.0 Å². The molecular formula is C37H24N6O5. The third-order valence-electron chi connectivity index (χ3n) is 8.56. The molecule has 232 valence electrons. The van der Waals surface area contributed by atoms with Crippen molar-refractivity contribution in [2.45, 2.75) is 24.5 Å². The number of aliphatic hydroxyl groups excluding tert-OH is 3. The van der Waals surface area contributed by atoms with E-state index >= 15 is 0 Å². The highest BCUT2D eigenvalue weighted by atomic mass is 16.6. The minimum atomic E-state index is -1.46. The van der Waals surface area contributed by atoms with E-state index in [0.29, 0.717) is 11.1 Å².